The van der Waals surface area contributed by atoms with Crippen molar-refractivity contribution in [2.24, 2.45) is 0 Å². The molecule has 0 N–H and O–H groups in total. The van der Waals surface area contributed by atoms with Crippen molar-refractivity contribution in [3.8, 4) is 33.8 Å². The van der Waals surface area contributed by atoms with E-state index in [1.54, 1.807) is 0 Å². The van der Waals surface area contributed by atoms with Gasteiger partial charge in [-0.15, -0.1) is 0 Å². The zero-order valence-corrected chi connectivity index (χ0v) is 17.6. The summed E-state index contributed by atoms with van der Waals surface area (Å²) in [7, 11) is 0. The van der Waals surface area contributed by atoms with E-state index in [9.17, 15) is 0 Å². The van der Waals surface area contributed by atoms with Crippen LogP contribution in [0.4, 0.5) is 0 Å². The fourth-order valence-electron chi connectivity index (χ4n) is 4.94. The largest absolute Gasteiger partial charge is 0.228 e. The molecule has 0 fully saturated rings. The zero-order valence-electron chi connectivity index (χ0n) is 17.6. The highest BCUT2D eigenvalue weighted by atomic mass is 14.9. The summed E-state index contributed by atoms with van der Waals surface area (Å²) in [6.07, 6.45) is 0. The number of benzene rings is 4. The van der Waals surface area contributed by atoms with Gasteiger partial charge < -0.3 is 0 Å². The van der Waals surface area contributed by atoms with Crippen LogP contribution in [-0.4, -0.2) is 9.97 Å². The predicted molar refractivity (Wildman–Crippen MR) is 128 cm³/mol. The van der Waals surface area contributed by atoms with Crippen molar-refractivity contribution >= 4 is 10.9 Å². The molecule has 0 aliphatic heterocycles. The highest BCUT2D eigenvalue weighted by molar-refractivity contribution is 6.08. The van der Waals surface area contributed by atoms with E-state index in [-0.39, 0.29) is 5.41 Å². The molecule has 148 valence electrons. The third-order valence-corrected chi connectivity index (χ3v) is 6.49. The smallest absolute Gasteiger partial charge is 0.160 e. The van der Waals surface area contributed by atoms with E-state index in [2.05, 4.69) is 86.6 Å². The number of aromatic nitrogens is 2. The first-order valence-electron chi connectivity index (χ1n) is 10.7. The molecule has 2 nitrogen and oxygen atoms in total. The third kappa shape index (κ3) is 2.65. The van der Waals surface area contributed by atoms with Gasteiger partial charge in [0.2, 0.25) is 0 Å². The first kappa shape index (κ1) is 18.0. The highest BCUT2D eigenvalue weighted by Crippen LogP contribution is 2.52. The van der Waals surface area contributed by atoms with Gasteiger partial charge in [-0.3, -0.25) is 0 Å². The lowest BCUT2D eigenvalue weighted by Crippen LogP contribution is -2.14. The maximum atomic E-state index is 5.13. The molecule has 0 saturated heterocycles. The molecule has 0 bridgehead atoms. The monoisotopic (exact) mass is 398 g/mol. The Morgan fingerprint density at radius 1 is 0.581 bits per heavy atom. The number of rotatable bonds is 2. The summed E-state index contributed by atoms with van der Waals surface area (Å²) in [5.74, 6) is 0.762. The lowest BCUT2D eigenvalue weighted by Gasteiger charge is -2.21. The van der Waals surface area contributed by atoms with E-state index < -0.39 is 0 Å². The molecule has 1 aromatic heterocycles. The van der Waals surface area contributed by atoms with Crippen LogP contribution in [0.25, 0.3) is 44.7 Å². The Morgan fingerprint density at radius 3 is 1.97 bits per heavy atom. The van der Waals surface area contributed by atoms with E-state index >= 15 is 0 Å². The van der Waals surface area contributed by atoms with Crippen LogP contribution in [0.2, 0.25) is 0 Å². The molecule has 5 aromatic rings. The molecule has 0 saturated carbocycles. The lowest BCUT2D eigenvalue weighted by molar-refractivity contribution is 0.661. The molecule has 0 unspecified atom stereocenters. The number of hydrogen-bond acceptors (Lipinski definition) is 2. The van der Waals surface area contributed by atoms with Gasteiger partial charge in [-0.25, -0.2) is 9.97 Å². The maximum absolute atomic E-state index is 5.13. The molecule has 1 aliphatic carbocycles. The van der Waals surface area contributed by atoms with Gasteiger partial charge in [0.25, 0.3) is 0 Å². The van der Waals surface area contributed by atoms with Gasteiger partial charge in [-0.05, 0) is 28.3 Å². The molecule has 6 rings (SSSR count). The van der Waals surface area contributed by atoms with Crippen LogP contribution in [0.15, 0.2) is 97.1 Å². The van der Waals surface area contributed by atoms with E-state index in [0.29, 0.717) is 0 Å². The minimum atomic E-state index is -0.0494. The summed E-state index contributed by atoms with van der Waals surface area (Å²) in [4.78, 5) is 10.1. The number of fused-ring (bicyclic) bond motifs is 5. The Labute approximate surface area is 182 Å². The van der Waals surface area contributed by atoms with Gasteiger partial charge in [-0.1, -0.05) is 105 Å². The fraction of sp³-hybridized carbons (Fsp3) is 0.103. The van der Waals surface area contributed by atoms with Crippen molar-refractivity contribution in [2.45, 2.75) is 19.3 Å². The summed E-state index contributed by atoms with van der Waals surface area (Å²) < 4.78 is 0. The van der Waals surface area contributed by atoms with Crippen molar-refractivity contribution in [1.29, 1.82) is 0 Å². The fourth-order valence-corrected chi connectivity index (χ4v) is 4.94. The first-order valence-corrected chi connectivity index (χ1v) is 10.7. The summed E-state index contributed by atoms with van der Waals surface area (Å²) in [5.41, 5.74) is 9.35. The first-order chi connectivity index (χ1) is 15.1. The Morgan fingerprint density at radius 2 is 1.23 bits per heavy atom. The lowest BCUT2D eigenvalue weighted by atomic mass is 9.82. The van der Waals surface area contributed by atoms with Crippen molar-refractivity contribution in [2.75, 3.05) is 0 Å². The topological polar surface area (TPSA) is 25.8 Å². The quantitative estimate of drug-likeness (QED) is 0.312. The van der Waals surface area contributed by atoms with Gasteiger partial charge in [-0.2, -0.15) is 0 Å². The summed E-state index contributed by atoms with van der Waals surface area (Å²) >= 11 is 0. The molecule has 0 atom stereocenters. The minimum absolute atomic E-state index is 0.0494. The standard InChI is InChI=1S/C29H22N2/c1-29(2)22-16-10-9-15-21(22)25-23(29)17-18-24-26(25)27(19-11-5-3-6-12-19)31-28(30-24)20-13-7-4-8-14-20/h3-18H,1-2H3. The normalized spacial score (nSPS) is 13.7. The molecule has 4 aromatic carbocycles. The molecular weight excluding hydrogens is 376 g/mol. The second-order valence-corrected chi connectivity index (χ2v) is 8.68. The molecular formula is C29H22N2. The highest BCUT2D eigenvalue weighted by Gasteiger charge is 2.37. The molecule has 0 amide bonds. The van der Waals surface area contributed by atoms with Crippen LogP contribution >= 0.6 is 0 Å². The van der Waals surface area contributed by atoms with E-state index in [0.717, 1.165) is 33.5 Å². The minimum Gasteiger partial charge on any atom is -0.228 e. The van der Waals surface area contributed by atoms with Crippen LogP contribution < -0.4 is 0 Å². The van der Waals surface area contributed by atoms with Crippen molar-refractivity contribution < 1.29 is 0 Å². The second-order valence-electron chi connectivity index (χ2n) is 8.68. The molecule has 1 aliphatic rings. The van der Waals surface area contributed by atoms with Crippen LogP contribution in [0.1, 0.15) is 25.0 Å². The SMILES string of the molecule is CC1(C)c2ccccc2-c2c1ccc1nc(-c3ccccc3)nc(-c3ccccc3)c21. The maximum Gasteiger partial charge on any atom is 0.160 e. The Bertz CT molecular complexity index is 1430. The van der Waals surface area contributed by atoms with Crippen LogP contribution in [-0.2, 0) is 5.41 Å². The number of hydrogen-bond donors (Lipinski definition) is 0. The summed E-state index contributed by atoms with van der Waals surface area (Å²) in [6.45, 7) is 4.62. The van der Waals surface area contributed by atoms with Crippen LogP contribution in [0.3, 0.4) is 0 Å². The predicted octanol–water partition coefficient (Wildman–Crippen LogP) is 7.27. The molecule has 2 heteroatoms. The molecule has 0 spiro atoms. The molecule has 0 radical (unpaired) electrons. The zero-order chi connectivity index (χ0) is 21.0. The van der Waals surface area contributed by atoms with E-state index in [1.807, 2.05) is 24.3 Å². The Balaban J connectivity index is 1.76. The molecule has 31 heavy (non-hydrogen) atoms. The van der Waals surface area contributed by atoms with Crippen molar-refractivity contribution in [3.63, 3.8) is 0 Å². The Kier molecular flexibility index (Phi) is 3.85. The summed E-state index contributed by atoms with van der Waals surface area (Å²) in [6, 6.07) is 33.9. The third-order valence-electron chi connectivity index (χ3n) is 6.49. The Hall–Kier alpha value is -3.78. The number of nitrogens with zero attached hydrogens (tertiary/aromatic N) is 2. The second kappa shape index (κ2) is 6.61. The van der Waals surface area contributed by atoms with E-state index in [1.165, 1.54) is 22.3 Å². The van der Waals surface area contributed by atoms with Crippen molar-refractivity contribution in [3.05, 3.63) is 108 Å². The average Bonchev–Trinajstić information content (AvgIpc) is 3.06. The average molecular weight is 399 g/mol. The summed E-state index contributed by atoms with van der Waals surface area (Å²) in [5, 5.41) is 1.14. The van der Waals surface area contributed by atoms with Gasteiger partial charge >= 0.3 is 0 Å². The van der Waals surface area contributed by atoms with Crippen LogP contribution in [0, 0.1) is 0 Å². The van der Waals surface area contributed by atoms with Crippen molar-refractivity contribution in [1.82, 2.24) is 9.97 Å². The van der Waals surface area contributed by atoms with Crippen LogP contribution in [0.5, 0.6) is 0 Å². The van der Waals surface area contributed by atoms with Gasteiger partial charge in [0.05, 0.1) is 11.2 Å². The van der Waals surface area contributed by atoms with E-state index in [4.69, 9.17) is 9.97 Å². The van der Waals surface area contributed by atoms with Gasteiger partial charge in [0, 0.05) is 21.9 Å². The molecule has 1 heterocycles. The van der Waals surface area contributed by atoms with Gasteiger partial charge in [0.1, 0.15) is 0 Å². The van der Waals surface area contributed by atoms with Gasteiger partial charge in [0.15, 0.2) is 5.82 Å².